The van der Waals surface area contributed by atoms with Crippen molar-refractivity contribution in [2.24, 2.45) is 0 Å². The molecule has 2 rings (SSSR count). The SMILES string of the molecule is Cc1cc(OCC(=O)OCC(=O)Nc2ccc(C(C)C)cc2)ccc1Cl. The molecule has 0 heterocycles. The van der Waals surface area contributed by atoms with Gasteiger partial charge in [-0.05, 0) is 54.3 Å². The molecule has 0 aliphatic rings. The van der Waals surface area contributed by atoms with Gasteiger partial charge in [0, 0.05) is 10.7 Å². The average Bonchev–Trinajstić information content (AvgIpc) is 2.61. The van der Waals surface area contributed by atoms with E-state index in [-0.39, 0.29) is 13.2 Å². The Balaban J connectivity index is 1.74. The lowest BCUT2D eigenvalue weighted by Gasteiger charge is -2.10. The Bertz CT molecular complexity index is 772. The zero-order chi connectivity index (χ0) is 19.1. The van der Waals surface area contributed by atoms with Gasteiger partial charge in [0.1, 0.15) is 5.75 Å². The number of rotatable bonds is 7. The average molecular weight is 376 g/mol. The molecule has 0 unspecified atom stereocenters. The summed E-state index contributed by atoms with van der Waals surface area (Å²) < 4.78 is 10.2. The van der Waals surface area contributed by atoms with Crippen molar-refractivity contribution in [2.75, 3.05) is 18.5 Å². The summed E-state index contributed by atoms with van der Waals surface area (Å²) in [6, 6.07) is 12.6. The smallest absolute Gasteiger partial charge is 0.344 e. The first-order chi connectivity index (χ1) is 12.3. The largest absolute Gasteiger partial charge is 0.482 e. The maximum absolute atomic E-state index is 11.8. The van der Waals surface area contributed by atoms with E-state index in [1.807, 2.05) is 31.2 Å². The standard InChI is InChI=1S/C20H22ClNO4/c1-13(2)15-4-6-16(7-5-15)22-19(23)11-26-20(24)12-25-17-8-9-18(21)14(3)10-17/h4-10,13H,11-12H2,1-3H3,(H,22,23). The first-order valence-corrected chi connectivity index (χ1v) is 8.67. The first-order valence-electron chi connectivity index (χ1n) is 8.29. The molecule has 1 amide bonds. The molecule has 0 radical (unpaired) electrons. The maximum Gasteiger partial charge on any atom is 0.344 e. The topological polar surface area (TPSA) is 64.6 Å². The molecule has 0 aliphatic heterocycles. The third-order valence-electron chi connectivity index (χ3n) is 3.71. The molecule has 0 bridgehead atoms. The van der Waals surface area contributed by atoms with E-state index in [4.69, 9.17) is 21.1 Å². The zero-order valence-electron chi connectivity index (χ0n) is 15.0. The second-order valence-corrected chi connectivity index (χ2v) is 6.59. The van der Waals surface area contributed by atoms with E-state index in [2.05, 4.69) is 19.2 Å². The van der Waals surface area contributed by atoms with Gasteiger partial charge in [0.05, 0.1) is 0 Å². The predicted octanol–water partition coefficient (Wildman–Crippen LogP) is 4.33. The molecule has 0 aliphatic carbocycles. The Morgan fingerprint density at radius 3 is 2.38 bits per heavy atom. The van der Waals surface area contributed by atoms with Crippen LogP contribution >= 0.6 is 11.6 Å². The van der Waals surface area contributed by atoms with Crippen LogP contribution in [0, 0.1) is 6.92 Å². The van der Waals surface area contributed by atoms with Crippen LogP contribution in [0.25, 0.3) is 0 Å². The van der Waals surface area contributed by atoms with Gasteiger partial charge in [-0.3, -0.25) is 4.79 Å². The van der Waals surface area contributed by atoms with Gasteiger partial charge < -0.3 is 14.8 Å². The summed E-state index contributed by atoms with van der Waals surface area (Å²) in [5.41, 5.74) is 2.69. The van der Waals surface area contributed by atoms with Crippen molar-refractivity contribution >= 4 is 29.2 Å². The van der Waals surface area contributed by atoms with Gasteiger partial charge in [0.2, 0.25) is 0 Å². The summed E-state index contributed by atoms with van der Waals surface area (Å²) in [4.78, 5) is 23.5. The molecule has 5 nitrogen and oxygen atoms in total. The third kappa shape index (κ3) is 6.08. The number of nitrogens with one attached hydrogen (secondary N) is 1. The highest BCUT2D eigenvalue weighted by Crippen LogP contribution is 2.21. The quantitative estimate of drug-likeness (QED) is 0.731. The van der Waals surface area contributed by atoms with Crippen LogP contribution in [0.4, 0.5) is 5.69 Å². The summed E-state index contributed by atoms with van der Waals surface area (Å²) in [5.74, 6) is -0.0930. The molecule has 1 N–H and O–H groups in total. The fourth-order valence-electron chi connectivity index (χ4n) is 2.19. The minimum absolute atomic E-state index is 0.280. The number of esters is 1. The Hall–Kier alpha value is -2.53. The van der Waals surface area contributed by atoms with Crippen molar-refractivity contribution in [2.45, 2.75) is 26.7 Å². The van der Waals surface area contributed by atoms with E-state index in [1.165, 1.54) is 5.56 Å². The second kappa shape index (κ2) is 9.25. The summed E-state index contributed by atoms with van der Waals surface area (Å²) in [6.07, 6.45) is 0. The van der Waals surface area contributed by atoms with Crippen LogP contribution in [0.2, 0.25) is 5.02 Å². The maximum atomic E-state index is 11.8. The highest BCUT2D eigenvalue weighted by molar-refractivity contribution is 6.31. The number of amides is 1. The van der Waals surface area contributed by atoms with E-state index >= 15 is 0 Å². The molecule has 0 aromatic heterocycles. The van der Waals surface area contributed by atoms with Crippen LogP contribution in [0.3, 0.4) is 0 Å². The lowest BCUT2D eigenvalue weighted by atomic mass is 10.0. The van der Waals surface area contributed by atoms with Crippen molar-refractivity contribution < 1.29 is 19.1 Å². The molecule has 138 valence electrons. The van der Waals surface area contributed by atoms with Crippen LogP contribution in [0.5, 0.6) is 5.75 Å². The van der Waals surface area contributed by atoms with Crippen LogP contribution in [-0.2, 0) is 14.3 Å². The molecule has 0 atom stereocenters. The molecule has 2 aromatic carbocycles. The van der Waals surface area contributed by atoms with Crippen molar-refractivity contribution in [3.8, 4) is 5.75 Å². The first kappa shape index (κ1) is 19.8. The summed E-state index contributed by atoms with van der Waals surface area (Å²) in [7, 11) is 0. The van der Waals surface area contributed by atoms with E-state index < -0.39 is 11.9 Å². The number of hydrogen-bond acceptors (Lipinski definition) is 4. The molecule has 0 saturated carbocycles. The van der Waals surface area contributed by atoms with Gasteiger partial charge in [-0.2, -0.15) is 0 Å². The number of ether oxygens (including phenoxy) is 2. The number of carbonyl (C=O) groups is 2. The number of aryl methyl sites for hydroxylation is 1. The van der Waals surface area contributed by atoms with Crippen LogP contribution in [-0.4, -0.2) is 25.1 Å². The lowest BCUT2D eigenvalue weighted by molar-refractivity contribution is -0.149. The van der Waals surface area contributed by atoms with Crippen LogP contribution in [0.15, 0.2) is 42.5 Å². The van der Waals surface area contributed by atoms with Crippen molar-refractivity contribution in [3.63, 3.8) is 0 Å². The predicted molar refractivity (Wildman–Crippen MR) is 102 cm³/mol. The normalized spacial score (nSPS) is 10.5. The Morgan fingerprint density at radius 1 is 1.08 bits per heavy atom. The lowest BCUT2D eigenvalue weighted by Crippen LogP contribution is -2.23. The molecular formula is C20H22ClNO4. The highest BCUT2D eigenvalue weighted by atomic mass is 35.5. The van der Waals surface area contributed by atoms with Crippen LogP contribution in [0.1, 0.15) is 30.9 Å². The molecular weight excluding hydrogens is 354 g/mol. The van der Waals surface area contributed by atoms with E-state index in [1.54, 1.807) is 18.2 Å². The van der Waals surface area contributed by atoms with E-state index in [0.29, 0.717) is 22.4 Å². The summed E-state index contributed by atoms with van der Waals surface area (Å²) in [6.45, 7) is 5.39. The Labute approximate surface area is 158 Å². The molecule has 2 aromatic rings. The zero-order valence-corrected chi connectivity index (χ0v) is 15.8. The van der Waals surface area contributed by atoms with Gasteiger partial charge in [0.25, 0.3) is 5.91 Å². The number of anilines is 1. The van der Waals surface area contributed by atoms with E-state index in [9.17, 15) is 9.59 Å². The fraction of sp³-hybridized carbons (Fsp3) is 0.300. The Kier molecular flexibility index (Phi) is 7.04. The number of halogens is 1. The van der Waals surface area contributed by atoms with E-state index in [0.717, 1.165) is 5.56 Å². The summed E-state index contributed by atoms with van der Waals surface area (Å²) in [5, 5.41) is 3.30. The minimum Gasteiger partial charge on any atom is -0.482 e. The van der Waals surface area contributed by atoms with Gasteiger partial charge in [-0.25, -0.2) is 4.79 Å². The van der Waals surface area contributed by atoms with Crippen LogP contribution < -0.4 is 10.1 Å². The minimum atomic E-state index is -0.622. The fourth-order valence-corrected chi connectivity index (χ4v) is 2.30. The van der Waals surface area contributed by atoms with Gasteiger partial charge in [0.15, 0.2) is 13.2 Å². The number of benzene rings is 2. The highest BCUT2D eigenvalue weighted by Gasteiger charge is 2.10. The van der Waals surface area contributed by atoms with Gasteiger partial charge in [-0.15, -0.1) is 0 Å². The molecule has 0 saturated heterocycles. The van der Waals surface area contributed by atoms with Crippen molar-refractivity contribution in [1.82, 2.24) is 0 Å². The number of hydrogen-bond donors (Lipinski definition) is 1. The van der Waals surface area contributed by atoms with Crippen molar-refractivity contribution in [1.29, 1.82) is 0 Å². The third-order valence-corrected chi connectivity index (χ3v) is 4.14. The van der Waals surface area contributed by atoms with Crippen molar-refractivity contribution in [3.05, 3.63) is 58.6 Å². The molecule has 6 heteroatoms. The monoisotopic (exact) mass is 375 g/mol. The number of carbonyl (C=O) groups excluding carboxylic acids is 2. The molecule has 0 spiro atoms. The van der Waals surface area contributed by atoms with Gasteiger partial charge in [-0.1, -0.05) is 37.6 Å². The molecule has 26 heavy (non-hydrogen) atoms. The molecule has 0 fully saturated rings. The van der Waals surface area contributed by atoms with Gasteiger partial charge >= 0.3 is 5.97 Å². The Morgan fingerprint density at radius 2 is 1.77 bits per heavy atom. The second-order valence-electron chi connectivity index (χ2n) is 6.19. The summed E-state index contributed by atoms with van der Waals surface area (Å²) >= 11 is 5.93.